The van der Waals surface area contributed by atoms with E-state index in [1.54, 1.807) is 7.05 Å². The van der Waals surface area contributed by atoms with E-state index >= 15 is 0 Å². The number of rotatable bonds is 6. The van der Waals surface area contributed by atoms with Crippen molar-refractivity contribution in [3.63, 3.8) is 0 Å². The predicted octanol–water partition coefficient (Wildman–Crippen LogP) is 3.19. The maximum Gasteiger partial charge on any atom is 0.239 e. The van der Waals surface area contributed by atoms with Crippen molar-refractivity contribution in [1.82, 2.24) is 4.90 Å². The van der Waals surface area contributed by atoms with Crippen LogP contribution in [0.25, 0.3) is 0 Å². The molecule has 0 saturated carbocycles. The van der Waals surface area contributed by atoms with Crippen molar-refractivity contribution in [3.8, 4) is 0 Å². The number of anilines is 1. The highest BCUT2D eigenvalue weighted by molar-refractivity contribution is 6.09. The number of hydrogen-bond acceptors (Lipinski definition) is 2. The van der Waals surface area contributed by atoms with Crippen LogP contribution in [0.1, 0.15) is 33.6 Å². The predicted molar refractivity (Wildman–Crippen MR) is 81.3 cm³/mol. The molecule has 0 heterocycles. The number of unbranched alkanes of at least 4 members (excludes halogenated alkanes) is 1. The summed E-state index contributed by atoms with van der Waals surface area (Å²) in [5, 5.41) is 2.45. The summed E-state index contributed by atoms with van der Waals surface area (Å²) in [5.41, 5.74) is -1.19. The van der Waals surface area contributed by atoms with Crippen LogP contribution in [0.3, 0.4) is 0 Å². The van der Waals surface area contributed by atoms with Gasteiger partial charge in [0, 0.05) is 25.3 Å². The smallest absolute Gasteiger partial charge is 0.239 e. The van der Waals surface area contributed by atoms with Crippen LogP contribution in [-0.2, 0) is 9.59 Å². The fourth-order valence-corrected chi connectivity index (χ4v) is 1.93. The molecule has 0 aromatic heterocycles. The van der Waals surface area contributed by atoms with Crippen LogP contribution in [0.4, 0.5) is 14.5 Å². The minimum Gasteiger partial charge on any atom is -0.345 e. The van der Waals surface area contributed by atoms with Crippen molar-refractivity contribution in [1.29, 1.82) is 0 Å². The second-order valence-corrected chi connectivity index (χ2v) is 5.79. The molecule has 6 heteroatoms. The molecular formula is C16H22F2N2O2. The molecule has 0 spiro atoms. The van der Waals surface area contributed by atoms with E-state index in [9.17, 15) is 18.4 Å². The second-order valence-electron chi connectivity index (χ2n) is 5.79. The summed E-state index contributed by atoms with van der Waals surface area (Å²) < 4.78 is 26.0. The van der Waals surface area contributed by atoms with Gasteiger partial charge in [-0.05, 0) is 32.4 Å². The summed E-state index contributed by atoms with van der Waals surface area (Å²) in [6, 6.07) is 3.05. The monoisotopic (exact) mass is 312 g/mol. The topological polar surface area (TPSA) is 49.4 Å². The largest absolute Gasteiger partial charge is 0.345 e. The summed E-state index contributed by atoms with van der Waals surface area (Å²) in [6.45, 7) is 5.59. The number of nitrogens with one attached hydrogen (secondary N) is 1. The molecule has 0 fully saturated rings. The van der Waals surface area contributed by atoms with E-state index in [0.29, 0.717) is 6.54 Å². The van der Waals surface area contributed by atoms with Gasteiger partial charge in [-0.15, -0.1) is 0 Å². The fraction of sp³-hybridized carbons (Fsp3) is 0.500. The lowest BCUT2D eigenvalue weighted by atomic mass is 9.90. The van der Waals surface area contributed by atoms with E-state index in [0.717, 1.165) is 25.0 Å². The Kier molecular flexibility index (Phi) is 6.02. The highest BCUT2D eigenvalue weighted by atomic mass is 19.2. The molecule has 1 aromatic carbocycles. The zero-order valence-corrected chi connectivity index (χ0v) is 13.4. The minimum atomic E-state index is -1.30. The van der Waals surface area contributed by atoms with Gasteiger partial charge in [0.15, 0.2) is 11.6 Å². The summed E-state index contributed by atoms with van der Waals surface area (Å²) >= 11 is 0. The molecular weight excluding hydrogens is 290 g/mol. The van der Waals surface area contributed by atoms with E-state index in [2.05, 4.69) is 5.32 Å². The molecule has 0 aliphatic carbocycles. The molecule has 1 N–H and O–H groups in total. The van der Waals surface area contributed by atoms with Crippen LogP contribution in [-0.4, -0.2) is 30.3 Å². The van der Waals surface area contributed by atoms with E-state index in [1.165, 1.54) is 24.8 Å². The van der Waals surface area contributed by atoms with Gasteiger partial charge < -0.3 is 10.2 Å². The third-order valence-electron chi connectivity index (χ3n) is 3.47. The molecule has 1 aromatic rings. The van der Waals surface area contributed by atoms with Gasteiger partial charge in [0.25, 0.3) is 0 Å². The Bertz CT molecular complexity index is 559. The number of benzene rings is 1. The maximum atomic E-state index is 13.2. The van der Waals surface area contributed by atoms with Crippen LogP contribution >= 0.6 is 0 Å². The number of carbonyl (C=O) groups excluding carboxylic acids is 2. The molecule has 0 radical (unpaired) electrons. The number of amides is 2. The molecule has 0 aliphatic rings. The summed E-state index contributed by atoms with van der Waals surface area (Å²) in [7, 11) is 1.64. The first-order valence-corrected chi connectivity index (χ1v) is 7.22. The van der Waals surface area contributed by atoms with Gasteiger partial charge in [-0.3, -0.25) is 9.59 Å². The van der Waals surface area contributed by atoms with Gasteiger partial charge in [-0.2, -0.15) is 0 Å². The fourth-order valence-electron chi connectivity index (χ4n) is 1.93. The van der Waals surface area contributed by atoms with Gasteiger partial charge in [0.1, 0.15) is 5.41 Å². The lowest BCUT2D eigenvalue weighted by Gasteiger charge is -2.28. The maximum absolute atomic E-state index is 13.2. The molecule has 0 aliphatic heterocycles. The average Bonchev–Trinajstić information content (AvgIpc) is 2.47. The number of nitrogens with zero attached hydrogens (tertiary/aromatic N) is 1. The highest BCUT2D eigenvalue weighted by Gasteiger charge is 2.38. The standard InChI is InChI=1S/C16H22F2N2O2/c1-5-6-9-20(4)15(22)16(2,3)14(21)19-11-7-8-12(17)13(18)10-11/h7-8,10H,5-6,9H2,1-4H3,(H,19,21). The third-order valence-corrected chi connectivity index (χ3v) is 3.47. The van der Waals surface area contributed by atoms with Crippen molar-refractivity contribution >= 4 is 17.5 Å². The van der Waals surface area contributed by atoms with E-state index in [1.807, 2.05) is 6.92 Å². The second kappa shape index (κ2) is 7.33. The SMILES string of the molecule is CCCCN(C)C(=O)C(C)(C)C(=O)Nc1ccc(F)c(F)c1. The van der Waals surface area contributed by atoms with Crippen LogP contribution in [0.15, 0.2) is 18.2 Å². The van der Waals surface area contributed by atoms with Crippen molar-refractivity contribution < 1.29 is 18.4 Å². The highest BCUT2D eigenvalue weighted by Crippen LogP contribution is 2.22. The first-order valence-electron chi connectivity index (χ1n) is 7.22. The molecule has 122 valence electrons. The number of carbonyl (C=O) groups is 2. The van der Waals surface area contributed by atoms with Crippen LogP contribution < -0.4 is 5.32 Å². The van der Waals surface area contributed by atoms with Gasteiger partial charge >= 0.3 is 0 Å². The molecule has 1 rings (SSSR count). The normalized spacial score (nSPS) is 11.2. The van der Waals surface area contributed by atoms with E-state index in [4.69, 9.17) is 0 Å². The Labute approximate surface area is 129 Å². The molecule has 0 atom stereocenters. The Balaban J connectivity index is 2.80. The van der Waals surface area contributed by atoms with Crippen LogP contribution in [0, 0.1) is 17.0 Å². The Morgan fingerprint density at radius 2 is 1.86 bits per heavy atom. The number of hydrogen-bond donors (Lipinski definition) is 1. The first-order chi connectivity index (χ1) is 10.2. The van der Waals surface area contributed by atoms with Crippen molar-refractivity contribution in [3.05, 3.63) is 29.8 Å². The van der Waals surface area contributed by atoms with Gasteiger partial charge in [0.2, 0.25) is 11.8 Å². The lowest BCUT2D eigenvalue weighted by Crippen LogP contribution is -2.46. The molecule has 22 heavy (non-hydrogen) atoms. The van der Waals surface area contributed by atoms with E-state index < -0.39 is 23.0 Å². The number of halogens is 2. The Morgan fingerprint density at radius 3 is 2.41 bits per heavy atom. The minimum absolute atomic E-state index is 0.112. The van der Waals surface area contributed by atoms with E-state index in [-0.39, 0.29) is 11.6 Å². The quantitative estimate of drug-likeness (QED) is 0.820. The van der Waals surface area contributed by atoms with Crippen molar-refractivity contribution in [2.24, 2.45) is 5.41 Å². The average molecular weight is 312 g/mol. The van der Waals surface area contributed by atoms with Gasteiger partial charge in [-0.25, -0.2) is 8.78 Å². The zero-order chi connectivity index (χ0) is 16.9. The molecule has 2 amide bonds. The molecule has 0 bridgehead atoms. The third kappa shape index (κ3) is 4.26. The first kappa shape index (κ1) is 18.1. The zero-order valence-electron chi connectivity index (χ0n) is 13.4. The molecule has 4 nitrogen and oxygen atoms in total. The Hall–Kier alpha value is -1.98. The summed E-state index contributed by atoms with van der Waals surface area (Å²) in [4.78, 5) is 26.1. The lowest BCUT2D eigenvalue weighted by molar-refractivity contribution is -0.145. The summed E-state index contributed by atoms with van der Waals surface area (Å²) in [6.07, 6.45) is 1.79. The van der Waals surface area contributed by atoms with Crippen LogP contribution in [0.5, 0.6) is 0 Å². The molecule has 0 unspecified atom stereocenters. The van der Waals surface area contributed by atoms with Gasteiger partial charge in [0.05, 0.1) is 0 Å². The van der Waals surface area contributed by atoms with Crippen molar-refractivity contribution in [2.75, 3.05) is 18.9 Å². The van der Waals surface area contributed by atoms with Crippen molar-refractivity contribution in [2.45, 2.75) is 33.6 Å². The molecule has 0 saturated heterocycles. The summed E-state index contributed by atoms with van der Waals surface area (Å²) in [5.74, 6) is -2.93. The van der Waals surface area contributed by atoms with Gasteiger partial charge in [-0.1, -0.05) is 13.3 Å². The van der Waals surface area contributed by atoms with Crippen LogP contribution in [0.2, 0.25) is 0 Å². The Morgan fingerprint density at radius 1 is 1.23 bits per heavy atom.